The Hall–Kier alpha value is -1.62. The van der Waals surface area contributed by atoms with Crippen LogP contribution in [0.25, 0.3) is 5.65 Å². The number of aromatic nitrogens is 3. The molecule has 0 saturated carbocycles. The van der Waals surface area contributed by atoms with E-state index in [1.54, 1.807) is 10.7 Å². The molecule has 0 spiro atoms. The van der Waals surface area contributed by atoms with Gasteiger partial charge >= 0.3 is 0 Å². The summed E-state index contributed by atoms with van der Waals surface area (Å²) in [5.41, 5.74) is 6.44. The molecular formula is C12H19N5. The predicted molar refractivity (Wildman–Crippen MR) is 69.1 cm³/mol. The van der Waals surface area contributed by atoms with E-state index in [9.17, 15) is 0 Å². The van der Waals surface area contributed by atoms with Crippen molar-refractivity contribution in [3.8, 4) is 0 Å². The number of anilines is 1. The smallest absolute Gasteiger partial charge is 0.157 e. The van der Waals surface area contributed by atoms with E-state index in [0.717, 1.165) is 24.4 Å². The normalized spacial score (nSPS) is 11.3. The number of fused-ring (bicyclic) bond motifs is 1. The molecule has 0 aliphatic carbocycles. The molecule has 2 aromatic heterocycles. The summed E-state index contributed by atoms with van der Waals surface area (Å²) in [6.45, 7) is 5.97. The summed E-state index contributed by atoms with van der Waals surface area (Å²) >= 11 is 0. The fourth-order valence-electron chi connectivity index (χ4n) is 1.86. The minimum Gasteiger partial charge on any atom is -0.354 e. The van der Waals surface area contributed by atoms with E-state index >= 15 is 0 Å². The SMILES string of the molecule is CC(C)N(CCCN)c1ccn2nccc2n1. The standard InChI is InChI=1S/C12H19N5/c1-10(2)16(8-3-6-13)11-5-9-17-12(15-11)4-7-14-17/h4-5,7,9-10H,3,6,8,13H2,1-2H3. The first-order chi connectivity index (χ1) is 8.22. The van der Waals surface area contributed by atoms with Crippen LogP contribution in [0.15, 0.2) is 24.5 Å². The van der Waals surface area contributed by atoms with Crippen molar-refractivity contribution >= 4 is 11.5 Å². The summed E-state index contributed by atoms with van der Waals surface area (Å²) < 4.78 is 1.77. The Morgan fingerprint density at radius 1 is 1.41 bits per heavy atom. The molecule has 0 aromatic carbocycles. The quantitative estimate of drug-likeness (QED) is 0.845. The molecule has 17 heavy (non-hydrogen) atoms. The number of hydrogen-bond donors (Lipinski definition) is 1. The zero-order valence-electron chi connectivity index (χ0n) is 10.4. The van der Waals surface area contributed by atoms with Gasteiger partial charge in [0.15, 0.2) is 5.65 Å². The van der Waals surface area contributed by atoms with Crippen molar-refractivity contribution in [3.05, 3.63) is 24.5 Å². The Labute approximate surface area is 101 Å². The van der Waals surface area contributed by atoms with Gasteiger partial charge in [-0.1, -0.05) is 0 Å². The zero-order chi connectivity index (χ0) is 12.3. The molecule has 2 N–H and O–H groups in total. The zero-order valence-corrected chi connectivity index (χ0v) is 10.4. The van der Waals surface area contributed by atoms with Crippen LogP contribution in [0, 0.1) is 0 Å². The Morgan fingerprint density at radius 2 is 2.24 bits per heavy atom. The molecule has 0 atom stereocenters. The van der Waals surface area contributed by atoms with E-state index in [2.05, 4.69) is 28.8 Å². The number of rotatable bonds is 5. The number of hydrogen-bond acceptors (Lipinski definition) is 4. The maximum absolute atomic E-state index is 5.57. The topological polar surface area (TPSA) is 59.5 Å². The summed E-state index contributed by atoms with van der Waals surface area (Å²) in [4.78, 5) is 6.86. The van der Waals surface area contributed by atoms with Gasteiger partial charge in [0.05, 0.1) is 6.20 Å². The van der Waals surface area contributed by atoms with E-state index in [0.29, 0.717) is 12.6 Å². The van der Waals surface area contributed by atoms with Crippen LogP contribution in [-0.2, 0) is 0 Å². The maximum Gasteiger partial charge on any atom is 0.157 e. The molecule has 0 fully saturated rings. The van der Waals surface area contributed by atoms with Gasteiger partial charge in [-0.15, -0.1) is 0 Å². The van der Waals surface area contributed by atoms with Crippen molar-refractivity contribution in [3.63, 3.8) is 0 Å². The largest absolute Gasteiger partial charge is 0.354 e. The first-order valence-corrected chi connectivity index (χ1v) is 5.99. The van der Waals surface area contributed by atoms with E-state index in [4.69, 9.17) is 5.73 Å². The average Bonchev–Trinajstić information content (AvgIpc) is 2.76. The van der Waals surface area contributed by atoms with Crippen molar-refractivity contribution < 1.29 is 0 Å². The second-order valence-corrected chi connectivity index (χ2v) is 4.35. The van der Waals surface area contributed by atoms with Crippen molar-refractivity contribution in [2.75, 3.05) is 18.0 Å². The monoisotopic (exact) mass is 233 g/mol. The third-order valence-electron chi connectivity index (χ3n) is 2.76. The molecule has 92 valence electrons. The van der Waals surface area contributed by atoms with Crippen molar-refractivity contribution in [1.82, 2.24) is 14.6 Å². The summed E-state index contributed by atoms with van der Waals surface area (Å²) in [6, 6.07) is 4.32. The Bertz CT molecular complexity index is 476. The highest BCUT2D eigenvalue weighted by molar-refractivity contribution is 5.47. The van der Waals surface area contributed by atoms with Crippen LogP contribution in [0.3, 0.4) is 0 Å². The summed E-state index contributed by atoms with van der Waals surface area (Å²) in [6.07, 6.45) is 4.67. The first kappa shape index (κ1) is 11.9. The summed E-state index contributed by atoms with van der Waals surface area (Å²) in [5.74, 6) is 0.987. The molecule has 0 aliphatic heterocycles. The fourth-order valence-corrected chi connectivity index (χ4v) is 1.86. The van der Waals surface area contributed by atoms with Gasteiger partial charge in [-0.3, -0.25) is 0 Å². The van der Waals surface area contributed by atoms with Crippen LogP contribution >= 0.6 is 0 Å². The molecule has 0 radical (unpaired) electrons. The van der Waals surface area contributed by atoms with Gasteiger partial charge in [-0.25, -0.2) is 9.50 Å². The highest BCUT2D eigenvalue weighted by atomic mass is 15.3. The van der Waals surface area contributed by atoms with E-state index in [1.807, 2.05) is 18.3 Å². The third-order valence-corrected chi connectivity index (χ3v) is 2.76. The number of nitrogens with zero attached hydrogens (tertiary/aromatic N) is 4. The van der Waals surface area contributed by atoms with Gasteiger partial charge in [0.1, 0.15) is 5.82 Å². The van der Waals surface area contributed by atoms with Crippen molar-refractivity contribution in [1.29, 1.82) is 0 Å². The predicted octanol–water partition coefficient (Wildman–Crippen LogP) is 1.29. The summed E-state index contributed by atoms with van der Waals surface area (Å²) in [7, 11) is 0. The molecule has 5 nitrogen and oxygen atoms in total. The minimum absolute atomic E-state index is 0.416. The van der Waals surface area contributed by atoms with Crippen molar-refractivity contribution in [2.45, 2.75) is 26.3 Å². The van der Waals surface area contributed by atoms with Gasteiger partial charge < -0.3 is 10.6 Å². The minimum atomic E-state index is 0.416. The van der Waals surface area contributed by atoms with Crippen LogP contribution in [0.5, 0.6) is 0 Å². The molecule has 0 aliphatic rings. The van der Waals surface area contributed by atoms with Crippen LogP contribution in [0.4, 0.5) is 5.82 Å². The van der Waals surface area contributed by atoms with Gasteiger partial charge in [-0.2, -0.15) is 5.10 Å². The second-order valence-electron chi connectivity index (χ2n) is 4.35. The first-order valence-electron chi connectivity index (χ1n) is 5.99. The maximum atomic E-state index is 5.57. The lowest BCUT2D eigenvalue weighted by Gasteiger charge is -2.27. The number of nitrogens with two attached hydrogens (primary N) is 1. The van der Waals surface area contributed by atoms with Gasteiger partial charge in [0.25, 0.3) is 0 Å². The molecular weight excluding hydrogens is 214 g/mol. The highest BCUT2D eigenvalue weighted by Gasteiger charge is 2.11. The van der Waals surface area contributed by atoms with Crippen LogP contribution in [0.2, 0.25) is 0 Å². The van der Waals surface area contributed by atoms with Crippen LogP contribution in [0.1, 0.15) is 20.3 Å². The Balaban J connectivity index is 2.27. The average molecular weight is 233 g/mol. The van der Waals surface area contributed by atoms with Crippen molar-refractivity contribution in [2.24, 2.45) is 5.73 Å². The fraction of sp³-hybridized carbons (Fsp3) is 0.500. The molecule has 0 unspecified atom stereocenters. The molecule has 0 bridgehead atoms. The Morgan fingerprint density at radius 3 is 2.94 bits per heavy atom. The molecule has 0 amide bonds. The second kappa shape index (κ2) is 5.14. The molecule has 2 aromatic rings. The molecule has 0 saturated heterocycles. The molecule has 5 heteroatoms. The lowest BCUT2D eigenvalue weighted by atomic mass is 10.3. The van der Waals surface area contributed by atoms with Gasteiger partial charge in [-0.05, 0) is 32.9 Å². The lowest BCUT2D eigenvalue weighted by molar-refractivity contribution is 0.648. The van der Waals surface area contributed by atoms with Crippen LogP contribution < -0.4 is 10.6 Å². The van der Waals surface area contributed by atoms with E-state index in [1.165, 1.54) is 0 Å². The molecule has 2 rings (SSSR count). The van der Waals surface area contributed by atoms with Crippen LogP contribution in [-0.4, -0.2) is 33.7 Å². The van der Waals surface area contributed by atoms with Gasteiger partial charge in [0, 0.05) is 24.8 Å². The van der Waals surface area contributed by atoms with E-state index < -0.39 is 0 Å². The molecule has 2 heterocycles. The summed E-state index contributed by atoms with van der Waals surface area (Å²) in [5, 5.41) is 4.14. The highest BCUT2D eigenvalue weighted by Crippen LogP contribution is 2.15. The van der Waals surface area contributed by atoms with Gasteiger partial charge in [0.2, 0.25) is 0 Å². The lowest BCUT2D eigenvalue weighted by Crippen LogP contribution is -2.33. The third kappa shape index (κ3) is 2.55. The Kier molecular flexibility index (Phi) is 3.58. The van der Waals surface area contributed by atoms with E-state index in [-0.39, 0.29) is 0 Å².